The number of ether oxygens (including phenoxy) is 3. The molecular weight excluding hydrogens is 627 g/mol. The highest BCUT2D eigenvalue weighted by molar-refractivity contribution is 14.1. The molecule has 1 aliphatic heterocycles. The van der Waals surface area contributed by atoms with Gasteiger partial charge >= 0.3 is 5.97 Å². The maximum atomic E-state index is 13.7. The van der Waals surface area contributed by atoms with Crippen molar-refractivity contribution in [3.8, 4) is 11.5 Å². The van der Waals surface area contributed by atoms with Gasteiger partial charge in [-0.25, -0.2) is 4.79 Å². The second-order valence-corrected chi connectivity index (χ2v) is 10.4. The maximum Gasteiger partial charge on any atom is 0.336 e. The molecule has 3 aromatic carbocycles. The van der Waals surface area contributed by atoms with Gasteiger partial charge in [-0.15, -0.1) is 0 Å². The number of rotatable bonds is 8. The lowest BCUT2D eigenvalue weighted by Gasteiger charge is -2.29. The monoisotopic (exact) mass is 652 g/mol. The molecular formula is C30H25IN2O7. The summed E-state index contributed by atoms with van der Waals surface area (Å²) in [5.74, 6) is -0.509. The zero-order valence-electron chi connectivity index (χ0n) is 21.9. The van der Waals surface area contributed by atoms with Crippen LogP contribution in [0.5, 0.6) is 11.5 Å². The molecule has 40 heavy (non-hydrogen) atoms. The van der Waals surface area contributed by atoms with Crippen molar-refractivity contribution in [3.63, 3.8) is 0 Å². The number of methoxy groups -OCH3 is 1. The number of hydrogen-bond acceptors (Lipinski definition) is 8. The number of hydrogen-bond donors (Lipinski definition) is 1. The number of ketones is 1. The Morgan fingerprint density at radius 3 is 2.52 bits per heavy atom. The minimum atomic E-state index is -0.706. The Morgan fingerprint density at radius 2 is 1.82 bits per heavy atom. The van der Waals surface area contributed by atoms with Gasteiger partial charge in [0, 0.05) is 40.4 Å². The number of fused-ring (bicyclic) bond motifs is 2. The summed E-state index contributed by atoms with van der Waals surface area (Å²) < 4.78 is 17.9. The lowest BCUT2D eigenvalue weighted by Crippen LogP contribution is -2.29. The molecule has 10 heteroatoms. The number of non-ortho nitro benzene ring substituents is 1. The third-order valence-electron chi connectivity index (χ3n) is 6.82. The van der Waals surface area contributed by atoms with Crippen LogP contribution in [-0.4, -0.2) is 30.4 Å². The highest BCUT2D eigenvalue weighted by Gasteiger charge is 2.43. The standard InChI is InChI=1S/C30H25IN2O7/c1-4-39-23-14-18(13-22(31)29(23)40-15-17-8-7-9-19(12-17)33(36)37)25-24(30(35)38-3)16(2)32-27-20-10-5-6-11-21(20)28(34)26(25)27/h5-14,25,32H,4,15H2,1-3H3/t25-/m0/s1. The third-order valence-corrected chi connectivity index (χ3v) is 7.63. The van der Waals surface area contributed by atoms with Crippen LogP contribution in [0.2, 0.25) is 0 Å². The van der Waals surface area contributed by atoms with Crippen LogP contribution < -0.4 is 14.8 Å². The van der Waals surface area contributed by atoms with E-state index >= 15 is 0 Å². The minimum Gasteiger partial charge on any atom is -0.490 e. The number of halogens is 1. The summed E-state index contributed by atoms with van der Waals surface area (Å²) in [5, 5.41) is 14.5. The fourth-order valence-corrected chi connectivity index (χ4v) is 5.90. The molecule has 5 rings (SSSR count). The average molecular weight is 652 g/mol. The van der Waals surface area contributed by atoms with Crippen molar-refractivity contribution in [1.82, 2.24) is 5.32 Å². The van der Waals surface area contributed by atoms with Crippen LogP contribution in [0, 0.1) is 13.7 Å². The quantitative estimate of drug-likeness (QED) is 0.138. The van der Waals surface area contributed by atoms with Crippen LogP contribution in [-0.2, 0) is 16.1 Å². The van der Waals surface area contributed by atoms with E-state index in [0.717, 1.165) is 5.56 Å². The lowest BCUT2D eigenvalue weighted by molar-refractivity contribution is -0.384. The van der Waals surface area contributed by atoms with Crippen LogP contribution in [0.1, 0.15) is 46.8 Å². The maximum absolute atomic E-state index is 13.7. The summed E-state index contributed by atoms with van der Waals surface area (Å²) in [6.45, 7) is 4.06. The molecule has 0 fully saturated rings. The number of carbonyl (C=O) groups is 2. The molecule has 1 aliphatic carbocycles. The summed E-state index contributed by atoms with van der Waals surface area (Å²) in [4.78, 5) is 37.5. The van der Waals surface area contributed by atoms with E-state index in [1.165, 1.54) is 19.2 Å². The van der Waals surface area contributed by atoms with E-state index in [0.29, 0.717) is 60.9 Å². The fourth-order valence-electron chi connectivity index (χ4n) is 5.12. The van der Waals surface area contributed by atoms with Gasteiger partial charge in [-0.2, -0.15) is 0 Å². The molecule has 1 atom stereocenters. The van der Waals surface area contributed by atoms with Gasteiger partial charge in [0.05, 0.1) is 33.5 Å². The third kappa shape index (κ3) is 4.83. The molecule has 204 valence electrons. The molecule has 0 saturated carbocycles. The number of benzene rings is 3. The first kappa shape index (κ1) is 27.4. The number of nitro benzene ring substituents is 1. The molecule has 0 radical (unpaired) electrons. The van der Waals surface area contributed by atoms with E-state index in [2.05, 4.69) is 27.9 Å². The van der Waals surface area contributed by atoms with E-state index < -0.39 is 16.8 Å². The zero-order chi connectivity index (χ0) is 28.6. The lowest BCUT2D eigenvalue weighted by atomic mass is 9.79. The normalized spacial score (nSPS) is 15.8. The molecule has 0 amide bonds. The number of nitrogens with one attached hydrogen (secondary N) is 1. The predicted molar refractivity (Wildman–Crippen MR) is 156 cm³/mol. The van der Waals surface area contributed by atoms with Gasteiger partial charge in [0.2, 0.25) is 0 Å². The molecule has 0 bridgehead atoms. The van der Waals surface area contributed by atoms with Crippen molar-refractivity contribution in [2.45, 2.75) is 26.4 Å². The Balaban J connectivity index is 1.59. The highest BCUT2D eigenvalue weighted by Crippen LogP contribution is 2.48. The first-order valence-corrected chi connectivity index (χ1v) is 13.6. The molecule has 9 nitrogen and oxygen atoms in total. The van der Waals surface area contributed by atoms with E-state index in [1.807, 2.05) is 31.2 Å². The van der Waals surface area contributed by atoms with Crippen LogP contribution in [0.25, 0.3) is 5.70 Å². The Kier molecular flexibility index (Phi) is 7.61. The van der Waals surface area contributed by atoms with Gasteiger partial charge in [0.1, 0.15) is 6.61 Å². The molecule has 0 unspecified atom stereocenters. The van der Waals surface area contributed by atoms with Gasteiger partial charge in [-0.05, 0) is 59.7 Å². The van der Waals surface area contributed by atoms with Crippen LogP contribution in [0.4, 0.5) is 5.69 Å². The molecule has 0 aromatic heterocycles. The summed E-state index contributed by atoms with van der Waals surface area (Å²) in [7, 11) is 1.31. The summed E-state index contributed by atoms with van der Waals surface area (Å²) in [6.07, 6.45) is 0. The molecule has 1 N–H and O–H groups in total. The first-order chi connectivity index (χ1) is 19.2. The van der Waals surface area contributed by atoms with Gasteiger partial charge in [-0.3, -0.25) is 14.9 Å². The van der Waals surface area contributed by atoms with Crippen molar-refractivity contribution in [2.24, 2.45) is 0 Å². The Bertz CT molecular complexity index is 1630. The molecule has 3 aromatic rings. The van der Waals surface area contributed by atoms with Gasteiger partial charge in [-0.1, -0.05) is 36.4 Å². The Labute approximate surface area is 244 Å². The number of dihydropyridines is 1. The second kappa shape index (κ2) is 11.1. The van der Waals surface area contributed by atoms with E-state index in [9.17, 15) is 19.7 Å². The van der Waals surface area contributed by atoms with Crippen molar-refractivity contribution in [2.75, 3.05) is 13.7 Å². The molecule has 2 aliphatic rings. The van der Waals surface area contributed by atoms with Crippen molar-refractivity contribution < 1.29 is 28.7 Å². The average Bonchev–Trinajstić information content (AvgIpc) is 3.22. The number of nitro groups is 1. The Morgan fingerprint density at radius 1 is 1.07 bits per heavy atom. The smallest absolute Gasteiger partial charge is 0.336 e. The van der Waals surface area contributed by atoms with Gasteiger partial charge < -0.3 is 19.5 Å². The van der Waals surface area contributed by atoms with Crippen molar-refractivity contribution in [1.29, 1.82) is 0 Å². The number of nitrogens with zero attached hydrogens (tertiary/aromatic N) is 1. The summed E-state index contributed by atoms with van der Waals surface area (Å²) in [6, 6.07) is 17.2. The largest absolute Gasteiger partial charge is 0.490 e. The SMILES string of the molecule is CCOc1cc([C@H]2C(C(=O)OC)=C(C)NC3=C2C(=O)c2ccccc23)cc(I)c1OCc1cccc([N+](=O)[O-])c1. The van der Waals surface area contributed by atoms with Crippen molar-refractivity contribution in [3.05, 3.63) is 113 Å². The molecule has 1 heterocycles. The second-order valence-electron chi connectivity index (χ2n) is 9.23. The fraction of sp³-hybridized carbons (Fsp3) is 0.200. The van der Waals surface area contributed by atoms with E-state index in [4.69, 9.17) is 14.2 Å². The van der Waals surface area contributed by atoms with Gasteiger partial charge in [0.15, 0.2) is 17.3 Å². The molecule has 0 spiro atoms. The zero-order valence-corrected chi connectivity index (χ0v) is 24.1. The number of Topliss-reactive ketones (excluding diaryl/α,β-unsaturated/α-hetero) is 1. The predicted octanol–water partition coefficient (Wildman–Crippen LogP) is 5.92. The van der Waals surface area contributed by atoms with Gasteiger partial charge in [0.25, 0.3) is 5.69 Å². The molecule has 0 saturated heterocycles. The number of allylic oxidation sites excluding steroid dienone is 2. The van der Waals surface area contributed by atoms with Crippen LogP contribution in [0.15, 0.2) is 77.5 Å². The summed E-state index contributed by atoms with van der Waals surface area (Å²) >= 11 is 2.13. The van der Waals surface area contributed by atoms with Crippen LogP contribution in [0.3, 0.4) is 0 Å². The number of esters is 1. The topological polar surface area (TPSA) is 117 Å². The van der Waals surface area contributed by atoms with Crippen molar-refractivity contribution >= 4 is 45.7 Å². The minimum absolute atomic E-state index is 0.0223. The Hall–Kier alpha value is -4.19. The highest BCUT2D eigenvalue weighted by atomic mass is 127. The van der Waals surface area contributed by atoms with Crippen LogP contribution >= 0.6 is 22.6 Å². The number of carbonyl (C=O) groups excluding carboxylic acids is 2. The summed E-state index contributed by atoms with van der Waals surface area (Å²) in [5.41, 5.74) is 4.71. The first-order valence-electron chi connectivity index (χ1n) is 12.5. The van der Waals surface area contributed by atoms with E-state index in [-0.39, 0.29) is 18.1 Å². The van der Waals surface area contributed by atoms with E-state index in [1.54, 1.807) is 31.2 Å².